The summed E-state index contributed by atoms with van der Waals surface area (Å²) in [4.78, 5) is 11.6. The van der Waals surface area contributed by atoms with Gasteiger partial charge in [0.05, 0.1) is 0 Å². The Morgan fingerprint density at radius 3 is 2.61 bits per heavy atom. The quantitative estimate of drug-likeness (QED) is 0.557. The van der Waals surface area contributed by atoms with Gasteiger partial charge in [0.1, 0.15) is 0 Å². The van der Waals surface area contributed by atoms with E-state index in [9.17, 15) is 4.79 Å². The number of hydrogen-bond donors (Lipinski definition) is 0. The van der Waals surface area contributed by atoms with Crippen LogP contribution in [0.5, 0.6) is 11.5 Å². The van der Waals surface area contributed by atoms with Crippen LogP contribution in [0.25, 0.3) is 0 Å². The summed E-state index contributed by atoms with van der Waals surface area (Å²) in [7, 11) is 0. The maximum absolute atomic E-state index is 11.6. The zero-order valence-electron chi connectivity index (χ0n) is 14.3. The number of carbonyl (C=O) groups is 1. The van der Waals surface area contributed by atoms with Gasteiger partial charge in [-0.1, -0.05) is 33.3 Å². The second-order valence-electron chi connectivity index (χ2n) is 6.58. The zero-order valence-corrected chi connectivity index (χ0v) is 15.1. The molecular formula is C19H27ClO3. The lowest BCUT2D eigenvalue weighted by Gasteiger charge is -2.23. The largest absolute Gasteiger partial charge is 0.454 e. The Morgan fingerprint density at radius 1 is 1.22 bits per heavy atom. The molecule has 4 heteroatoms. The van der Waals surface area contributed by atoms with Gasteiger partial charge in [-0.3, -0.25) is 4.79 Å². The molecule has 0 saturated heterocycles. The van der Waals surface area contributed by atoms with E-state index in [0.29, 0.717) is 18.6 Å². The average molecular weight is 339 g/mol. The van der Waals surface area contributed by atoms with Crippen LogP contribution in [0.3, 0.4) is 0 Å². The van der Waals surface area contributed by atoms with E-state index in [0.717, 1.165) is 43.6 Å². The van der Waals surface area contributed by atoms with Gasteiger partial charge in [0.25, 0.3) is 0 Å². The highest BCUT2D eigenvalue weighted by molar-refractivity contribution is 6.63. The Kier molecular flexibility index (Phi) is 6.76. The smallest absolute Gasteiger partial charge is 0.231 e. The van der Waals surface area contributed by atoms with E-state index in [1.54, 1.807) is 0 Å². The summed E-state index contributed by atoms with van der Waals surface area (Å²) in [5, 5.41) is -0.185. The summed E-state index contributed by atoms with van der Waals surface area (Å²) in [6.45, 7) is 6.83. The van der Waals surface area contributed by atoms with Gasteiger partial charge in [-0.25, -0.2) is 0 Å². The molecule has 0 spiro atoms. The van der Waals surface area contributed by atoms with E-state index in [1.807, 2.05) is 6.07 Å². The molecule has 0 aromatic heterocycles. The fourth-order valence-corrected chi connectivity index (χ4v) is 3.64. The van der Waals surface area contributed by atoms with Crippen molar-refractivity contribution in [2.24, 2.45) is 11.8 Å². The number of halogens is 1. The maximum Gasteiger partial charge on any atom is 0.231 e. The lowest BCUT2D eigenvalue weighted by Crippen LogP contribution is -2.15. The number of ether oxygens (including phenoxy) is 2. The molecule has 3 nitrogen and oxygen atoms in total. The van der Waals surface area contributed by atoms with Gasteiger partial charge in [0, 0.05) is 5.92 Å². The minimum atomic E-state index is -0.185. The molecule has 3 unspecified atom stereocenters. The summed E-state index contributed by atoms with van der Waals surface area (Å²) >= 11 is 5.75. The fraction of sp³-hybridized carbons (Fsp3) is 0.632. The van der Waals surface area contributed by atoms with Crippen molar-refractivity contribution in [3.8, 4) is 11.5 Å². The average Bonchev–Trinajstić information content (AvgIpc) is 2.99. The summed E-state index contributed by atoms with van der Waals surface area (Å²) in [6.07, 6.45) is 4.87. The third kappa shape index (κ3) is 4.87. The van der Waals surface area contributed by atoms with Crippen molar-refractivity contribution in [3.63, 3.8) is 0 Å². The van der Waals surface area contributed by atoms with Crippen LogP contribution in [0.2, 0.25) is 0 Å². The Hall–Kier alpha value is -1.22. The fourth-order valence-electron chi connectivity index (χ4n) is 3.45. The first-order valence-corrected chi connectivity index (χ1v) is 9.01. The van der Waals surface area contributed by atoms with Crippen molar-refractivity contribution in [1.82, 2.24) is 0 Å². The number of carbonyl (C=O) groups excluding carboxylic acids is 1. The Balaban J connectivity index is 1.99. The van der Waals surface area contributed by atoms with Crippen LogP contribution >= 0.6 is 11.6 Å². The lowest BCUT2D eigenvalue weighted by atomic mass is 9.83. The first-order chi connectivity index (χ1) is 11.0. The van der Waals surface area contributed by atoms with Crippen molar-refractivity contribution in [2.75, 3.05) is 6.79 Å². The van der Waals surface area contributed by atoms with Crippen molar-refractivity contribution in [1.29, 1.82) is 0 Å². The van der Waals surface area contributed by atoms with Crippen molar-refractivity contribution >= 4 is 16.8 Å². The number of fused-ring (bicyclic) bond motifs is 1. The highest BCUT2D eigenvalue weighted by Gasteiger charge is 2.22. The first kappa shape index (κ1) is 18.1. The molecule has 0 fully saturated rings. The van der Waals surface area contributed by atoms with E-state index in [-0.39, 0.29) is 11.2 Å². The summed E-state index contributed by atoms with van der Waals surface area (Å²) < 4.78 is 10.9. The molecule has 1 aliphatic rings. The molecule has 0 radical (unpaired) electrons. The highest BCUT2D eigenvalue weighted by Crippen LogP contribution is 2.38. The van der Waals surface area contributed by atoms with Gasteiger partial charge in [-0.2, -0.15) is 0 Å². The van der Waals surface area contributed by atoms with Crippen LogP contribution in [0, 0.1) is 11.8 Å². The molecule has 0 bridgehead atoms. The number of hydrogen-bond acceptors (Lipinski definition) is 3. The zero-order chi connectivity index (χ0) is 16.8. The van der Waals surface area contributed by atoms with Crippen LogP contribution in [-0.2, 0) is 4.79 Å². The highest BCUT2D eigenvalue weighted by atomic mass is 35.5. The molecule has 1 aromatic rings. The molecule has 1 aliphatic heterocycles. The third-order valence-electron chi connectivity index (χ3n) is 4.69. The van der Waals surface area contributed by atoms with E-state index < -0.39 is 0 Å². The van der Waals surface area contributed by atoms with Gasteiger partial charge in [-0.05, 0) is 66.8 Å². The molecule has 23 heavy (non-hydrogen) atoms. The Labute approximate surface area is 144 Å². The summed E-state index contributed by atoms with van der Waals surface area (Å²) in [5.74, 6) is 2.59. The molecule has 0 aliphatic carbocycles. The van der Waals surface area contributed by atoms with Crippen LogP contribution in [0.4, 0.5) is 0 Å². The van der Waals surface area contributed by atoms with Crippen molar-refractivity contribution in [3.05, 3.63) is 23.8 Å². The molecule has 2 rings (SSSR count). The van der Waals surface area contributed by atoms with E-state index in [2.05, 4.69) is 32.9 Å². The van der Waals surface area contributed by atoms with E-state index in [1.165, 1.54) is 5.56 Å². The molecule has 0 N–H and O–H groups in total. The monoisotopic (exact) mass is 338 g/mol. The minimum absolute atomic E-state index is 0.00840. The normalized spacial score (nSPS) is 16.9. The van der Waals surface area contributed by atoms with Crippen molar-refractivity contribution in [2.45, 2.75) is 58.8 Å². The predicted octanol–water partition coefficient (Wildman–Crippen LogP) is 5.51. The SMILES string of the molecule is CCCC(CC(C)CC(CC)c1ccc2c(c1)OCO2)C(=O)Cl. The minimum Gasteiger partial charge on any atom is -0.454 e. The van der Waals surface area contributed by atoms with Crippen LogP contribution < -0.4 is 9.47 Å². The van der Waals surface area contributed by atoms with Crippen LogP contribution in [-0.4, -0.2) is 12.0 Å². The van der Waals surface area contributed by atoms with Gasteiger partial charge >= 0.3 is 0 Å². The van der Waals surface area contributed by atoms with Gasteiger partial charge in [0.15, 0.2) is 11.5 Å². The predicted molar refractivity (Wildman–Crippen MR) is 93.3 cm³/mol. The molecule has 0 amide bonds. The molecular weight excluding hydrogens is 312 g/mol. The van der Waals surface area contributed by atoms with Gasteiger partial charge in [0.2, 0.25) is 12.0 Å². The first-order valence-electron chi connectivity index (χ1n) is 8.64. The topological polar surface area (TPSA) is 35.5 Å². The molecule has 1 aromatic carbocycles. The number of rotatable bonds is 9. The third-order valence-corrected chi connectivity index (χ3v) is 5.00. The molecule has 0 saturated carbocycles. The van der Waals surface area contributed by atoms with Crippen molar-refractivity contribution < 1.29 is 14.3 Å². The molecule has 128 valence electrons. The summed E-state index contributed by atoms with van der Waals surface area (Å²) in [6, 6.07) is 6.22. The number of benzene rings is 1. The summed E-state index contributed by atoms with van der Waals surface area (Å²) in [5.41, 5.74) is 1.29. The standard InChI is InChI=1S/C19H27ClO3/c1-4-6-16(19(20)21)10-13(3)9-14(5-2)15-7-8-17-18(11-15)23-12-22-17/h7-8,11,13-14,16H,4-6,9-10,12H2,1-3H3. The van der Waals surface area contributed by atoms with E-state index >= 15 is 0 Å². The Bertz CT molecular complexity index is 529. The van der Waals surface area contributed by atoms with Crippen LogP contribution in [0.1, 0.15) is 64.4 Å². The lowest BCUT2D eigenvalue weighted by molar-refractivity contribution is -0.115. The van der Waals surface area contributed by atoms with Gasteiger partial charge in [-0.15, -0.1) is 0 Å². The van der Waals surface area contributed by atoms with Crippen LogP contribution in [0.15, 0.2) is 18.2 Å². The van der Waals surface area contributed by atoms with Gasteiger partial charge < -0.3 is 9.47 Å². The Morgan fingerprint density at radius 2 is 1.96 bits per heavy atom. The second kappa shape index (κ2) is 8.58. The molecule has 1 heterocycles. The molecule has 3 atom stereocenters. The second-order valence-corrected chi connectivity index (χ2v) is 6.96. The van der Waals surface area contributed by atoms with E-state index in [4.69, 9.17) is 21.1 Å². The maximum atomic E-state index is 11.6.